The second kappa shape index (κ2) is 8.29. The number of hydrogen-bond donors (Lipinski definition) is 1. The number of benzene rings is 2. The first-order valence-corrected chi connectivity index (χ1v) is 8.41. The van der Waals surface area contributed by atoms with Gasteiger partial charge in [0.25, 0.3) is 0 Å². The average molecular weight is 368 g/mol. The summed E-state index contributed by atoms with van der Waals surface area (Å²) in [6.45, 7) is 5.81. The first kappa shape index (κ1) is 20.5. The molecule has 0 aliphatic rings. The van der Waals surface area contributed by atoms with Crippen molar-refractivity contribution in [2.75, 3.05) is 0 Å². The number of nitrogens with zero attached hydrogens (tertiary/aromatic N) is 1. The van der Waals surface area contributed by atoms with Crippen molar-refractivity contribution in [1.82, 2.24) is 4.57 Å². The predicted octanol–water partition coefficient (Wildman–Crippen LogP) is 2.42. The normalized spacial score (nSPS) is 11.0. The predicted molar refractivity (Wildman–Crippen MR) is 106 cm³/mol. The first-order chi connectivity index (χ1) is 12.4. The third kappa shape index (κ3) is 4.70. The number of ether oxygens (including phenoxy) is 2. The van der Waals surface area contributed by atoms with E-state index in [0.29, 0.717) is 23.5 Å². The van der Waals surface area contributed by atoms with Crippen LogP contribution in [0.4, 0.5) is 4.79 Å². The fourth-order valence-electron chi connectivity index (χ4n) is 2.69. The zero-order valence-electron chi connectivity index (χ0n) is 15.6. The van der Waals surface area contributed by atoms with Gasteiger partial charge in [-0.1, -0.05) is 36.4 Å². The first-order valence-electron chi connectivity index (χ1n) is 8.41. The average Bonchev–Trinajstić information content (AvgIpc) is 2.98. The van der Waals surface area contributed by atoms with E-state index in [-0.39, 0.29) is 5.48 Å². The molecule has 3 aromatic rings. The molecule has 0 amide bonds. The molecule has 0 unspecified atom stereocenters. The lowest BCUT2D eigenvalue weighted by Gasteiger charge is -2.20. The van der Waals surface area contributed by atoms with Crippen LogP contribution in [0.2, 0.25) is 0 Å². The molecule has 0 saturated carbocycles. The summed E-state index contributed by atoms with van der Waals surface area (Å²) >= 11 is 0. The van der Waals surface area contributed by atoms with Gasteiger partial charge in [0, 0.05) is 11.0 Å². The largest absolute Gasteiger partial charge is 0.488 e. The summed E-state index contributed by atoms with van der Waals surface area (Å²) in [5.74, 6) is 0.636. The molecule has 0 bridgehead atoms. The van der Waals surface area contributed by atoms with Crippen LogP contribution in [-0.4, -0.2) is 34.2 Å². The van der Waals surface area contributed by atoms with Crippen LogP contribution in [0.25, 0.3) is 10.9 Å². The summed E-state index contributed by atoms with van der Waals surface area (Å²) in [6, 6.07) is 17.0. The van der Waals surface area contributed by atoms with Crippen molar-refractivity contribution in [1.29, 1.82) is 0 Å². The summed E-state index contributed by atoms with van der Waals surface area (Å²) in [5.41, 5.74) is 1.36. The summed E-state index contributed by atoms with van der Waals surface area (Å²) in [5, 5.41) is 10.3. The molecule has 6 nitrogen and oxygen atoms in total. The molecule has 141 valence electrons. The lowest BCUT2D eigenvalue weighted by Crippen LogP contribution is -2.34. The maximum atomic E-state index is 12.6. The van der Waals surface area contributed by atoms with Crippen LogP contribution in [0.1, 0.15) is 26.3 Å². The van der Waals surface area contributed by atoms with Gasteiger partial charge in [0.1, 0.15) is 18.0 Å². The monoisotopic (exact) mass is 368 g/mol. The molecule has 0 fully saturated rings. The van der Waals surface area contributed by atoms with Gasteiger partial charge in [-0.05, 0) is 44.5 Å². The molecule has 0 saturated heterocycles. The van der Waals surface area contributed by atoms with Gasteiger partial charge in [-0.2, -0.15) is 0 Å². The number of carbonyl (C=O) groups excluding carboxylic acids is 1. The van der Waals surface area contributed by atoms with Crippen molar-refractivity contribution in [2.24, 2.45) is 0 Å². The third-order valence-corrected chi connectivity index (χ3v) is 3.78. The van der Waals surface area contributed by atoms with Gasteiger partial charge in [-0.25, -0.2) is 4.79 Å². The van der Waals surface area contributed by atoms with Gasteiger partial charge in [0.15, 0.2) is 0 Å². The van der Waals surface area contributed by atoms with Crippen LogP contribution in [0.3, 0.4) is 0 Å². The Kier molecular flexibility index (Phi) is 6.30. The Morgan fingerprint density at radius 1 is 1.11 bits per heavy atom. The van der Waals surface area contributed by atoms with Gasteiger partial charge in [0.2, 0.25) is 0 Å². The van der Waals surface area contributed by atoms with Crippen molar-refractivity contribution >= 4 is 30.1 Å². The van der Waals surface area contributed by atoms with Gasteiger partial charge in [0.05, 0.1) is 5.52 Å². The molecule has 27 heavy (non-hydrogen) atoms. The molecule has 0 aliphatic carbocycles. The molecule has 1 radical (unpaired) electrons. The second-order valence-corrected chi connectivity index (χ2v) is 6.98. The minimum Gasteiger partial charge on any atom is -0.488 e. The van der Waals surface area contributed by atoms with Crippen LogP contribution in [0, 0.1) is 0 Å². The molecule has 1 heterocycles. The molecule has 3 N–H and O–H groups in total. The Bertz CT molecular complexity index is 915. The van der Waals surface area contributed by atoms with E-state index in [1.165, 1.54) is 4.57 Å². The van der Waals surface area contributed by atoms with E-state index in [4.69, 9.17) is 9.47 Å². The Labute approximate surface area is 158 Å². The molecule has 1 aromatic heterocycles. The fourth-order valence-corrected chi connectivity index (χ4v) is 2.69. The van der Waals surface area contributed by atoms with Crippen LogP contribution in [0.15, 0.2) is 54.6 Å². The summed E-state index contributed by atoms with van der Waals surface area (Å²) < 4.78 is 12.7. The van der Waals surface area contributed by atoms with Gasteiger partial charge < -0.3 is 20.0 Å². The van der Waals surface area contributed by atoms with Crippen LogP contribution < -0.4 is 10.3 Å². The van der Waals surface area contributed by atoms with Crippen LogP contribution in [-0.2, 0) is 11.3 Å². The zero-order valence-corrected chi connectivity index (χ0v) is 15.6. The van der Waals surface area contributed by atoms with E-state index in [2.05, 4.69) is 0 Å². The number of carbonyl (C=O) groups is 1. The highest BCUT2D eigenvalue weighted by Gasteiger charge is 2.23. The SMILES string of the molecule is CC(C)(C)OC(=O)n1c([B]O)cc2c(OCc3ccccc3)cccc21.O. The smallest absolute Gasteiger partial charge is 0.418 e. The van der Waals surface area contributed by atoms with Crippen molar-refractivity contribution in [3.05, 3.63) is 60.2 Å². The summed E-state index contributed by atoms with van der Waals surface area (Å²) in [4.78, 5) is 12.6. The van der Waals surface area contributed by atoms with E-state index >= 15 is 0 Å². The molecule has 3 rings (SSSR count). The number of fused-ring (bicyclic) bond motifs is 1. The highest BCUT2D eigenvalue weighted by Crippen LogP contribution is 2.27. The Morgan fingerprint density at radius 2 is 1.81 bits per heavy atom. The Morgan fingerprint density at radius 3 is 2.44 bits per heavy atom. The van der Waals surface area contributed by atoms with Crippen molar-refractivity contribution < 1.29 is 24.8 Å². The van der Waals surface area contributed by atoms with Crippen LogP contribution >= 0.6 is 0 Å². The van der Waals surface area contributed by atoms with Crippen molar-refractivity contribution in [2.45, 2.75) is 33.0 Å². The second-order valence-electron chi connectivity index (χ2n) is 6.98. The Balaban J connectivity index is 0.00000261. The molecule has 2 aromatic carbocycles. The minimum atomic E-state index is -0.637. The maximum absolute atomic E-state index is 12.6. The standard InChI is InChI=1S/C20H21BNO4.H2O/c1-20(2,3)26-19(23)22-16-10-7-11-17(15(16)12-18(22)21-24)25-13-14-8-5-4-6-9-14;/h4-12,24H,13H2,1-3H3;1H2. The fraction of sp³-hybridized carbons (Fsp3) is 0.250. The summed E-state index contributed by atoms with van der Waals surface area (Å²) in [7, 11) is 0.894. The lowest BCUT2D eigenvalue weighted by molar-refractivity contribution is 0.0549. The topological polar surface area (TPSA) is 92.2 Å². The number of hydrogen-bond acceptors (Lipinski definition) is 4. The van der Waals surface area contributed by atoms with E-state index < -0.39 is 11.7 Å². The van der Waals surface area contributed by atoms with E-state index in [1.54, 1.807) is 32.9 Å². The van der Waals surface area contributed by atoms with Gasteiger partial charge in [-0.3, -0.25) is 4.57 Å². The molecule has 7 heteroatoms. The Hall–Kier alpha value is -2.77. The summed E-state index contributed by atoms with van der Waals surface area (Å²) in [6.07, 6.45) is -0.548. The molecular formula is C20H23BNO5. The van der Waals surface area contributed by atoms with Crippen molar-refractivity contribution in [3.8, 4) is 5.75 Å². The molecule has 0 atom stereocenters. The van der Waals surface area contributed by atoms with Gasteiger partial charge in [-0.15, -0.1) is 0 Å². The quantitative estimate of drug-likeness (QED) is 0.716. The highest BCUT2D eigenvalue weighted by molar-refractivity contribution is 6.46. The van der Waals surface area contributed by atoms with Crippen molar-refractivity contribution in [3.63, 3.8) is 0 Å². The highest BCUT2D eigenvalue weighted by atomic mass is 16.6. The lowest BCUT2D eigenvalue weighted by atomic mass is 9.96. The van der Waals surface area contributed by atoms with E-state index in [1.807, 2.05) is 42.5 Å². The minimum absolute atomic E-state index is 0. The third-order valence-electron chi connectivity index (χ3n) is 3.78. The maximum Gasteiger partial charge on any atom is 0.418 e. The van der Waals surface area contributed by atoms with E-state index in [9.17, 15) is 9.82 Å². The molecule has 0 aliphatic heterocycles. The number of aromatic nitrogens is 1. The molecular weight excluding hydrogens is 345 g/mol. The van der Waals surface area contributed by atoms with E-state index in [0.717, 1.165) is 18.4 Å². The molecule has 0 spiro atoms. The van der Waals surface area contributed by atoms with Crippen LogP contribution in [0.5, 0.6) is 5.75 Å². The zero-order chi connectivity index (χ0) is 18.7. The number of rotatable bonds is 4. The van der Waals surface area contributed by atoms with Gasteiger partial charge >= 0.3 is 13.6 Å².